The molecule has 0 spiro atoms. The van der Waals surface area contributed by atoms with Crippen LogP contribution >= 0.6 is 0 Å². The molecule has 0 heterocycles. The van der Waals surface area contributed by atoms with Gasteiger partial charge in [0.15, 0.2) is 0 Å². The molecule has 80 valence electrons. The fraction of sp³-hybridized carbons (Fsp3) is 0.571. The highest BCUT2D eigenvalue weighted by Gasteiger charge is 2.47. The molecule has 3 unspecified atom stereocenters. The number of aliphatic hydroxyl groups is 1. The van der Waals surface area contributed by atoms with Crippen molar-refractivity contribution in [2.45, 2.75) is 32.3 Å². The lowest BCUT2D eigenvalue weighted by molar-refractivity contribution is 0.104. The van der Waals surface area contributed by atoms with Crippen molar-refractivity contribution in [2.75, 3.05) is 0 Å². The van der Waals surface area contributed by atoms with Crippen LogP contribution in [-0.2, 0) is 0 Å². The van der Waals surface area contributed by atoms with Gasteiger partial charge in [-0.3, -0.25) is 0 Å². The van der Waals surface area contributed by atoms with E-state index in [1.165, 1.54) is 24.8 Å². The first kappa shape index (κ1) is 9.41. The van der Waals surface area contributed by atoms with Gasteiger partial charge in [-0.25, -0.2) is 0 Å². The normalized spacial score (nSPS) is 34.9. The average Bonchev–Trinajstić information content (AvgIpc) is 2.85. The molecule has 1 heteroatoms. The van der Waals surface area contributed by atoms with Crippen LogP contribution in [0.25, 0.3) is 0 Å². The second kappa shape index (κ2) is 3.34. The Hall–Kier alpha value is -0.820. The third-order valence-corrected chi connectivity index (χ3v) is 4.11. The Morgan fingerprint density at radius 1 is 1.20 bits per heavy atom. The highest BCUT2D eigenvalue weighted by atomic mass is 16.3. The molecule has 1 aromatic rings. The molecule has 2 aliphatic rings. The molecule has 0 saturated heterocycles. The second-order valence-corrected chi connectivity index (χ2v) is 5.35. The fourth-order valence-corrected chi connectivity index (χ4v) is 3.15. The van der Waals surface area contributed by atoms with Gasteiger partial charge in [-0.1, -0.05) is 29.8 Å². The van der Waals surface area contributed by atoms with Crippen LogP contribution in [-0.4, -0.2) is 5.11 Å². The molecule has 1 N–H and O–H groups in total. The predicted molar refractivity (Wildman–Crippen MR) is 60.5 cm³/mol. The highest BCUT2D eigenvalue weighted by molar-refractivity contribution is 5.25. The third-order valence-electron chi connectivity index (χ3n) is 4.11. The minimum absolute atomic E-state index is 0.224. The van der Waals surface area contributed by atoms with Crippen molar-refractivity contribution < 1.29 is 5.11 Å². The Morgan fingerprint density at radius 2 is 1.93 bits per heavy atom. The van der Waals surface area contributed by atoms with Crippen LogP contribution in [0.3, 0.4) is 0 Å². The summed E-state index contributed by atoms with van der Waals surface area (Å²) in [4.78, 5) is 0. The Morgan fingerprint density at radius 3 is 2.60 bits per heavy atom. The minimum Gasteiger partial charge on any atom is -0.388 e. The lowest BCUT2D eigenvalue weighted by atomic mass is 9.91. The summed E-state index contributed by atoms with van der Waals surface area (Å²) in [7, 11) is 0. The van der Waals surface area contributed by atoms with E-state index in [-0.39, 0.29) is 6.10 Å². The minimum atomic E-state index is -0.224. The first-order chi connectivity index (χ1) is 7.24. The molecule has 0 amide bonds. The van der Waals surface area contributed by atoms with E-state index in [0.29, 0.717) is 5.92 Å². The van der Waals surface area contributed by atoms with E-state index in [9.17, 15) is 5.11 Å². The maximum Gasteiger partial charge on any atom is 0.0818 e. The van der Waals surface area contributed by atoms with Gasteiger partial charge < -0.3 is 5.11 Å². The summed E-state index contributed by atoms with van der Waals surface area (Å²) >= 11 is 0. The molecule has 0 aliphatic heterocycles. The maximum atomic E-state index is 10.3. The van der Waals surface area contributed by atoms with Gasteiger partial charge in [-0.05, 0) is 49.5 Å². The summed E-state index contributed by atoms with van der Waals surface area (Å²) in [6.45, 7) is 2.09. The number of aryl methyl sites for hydroxylation is 1. The number of rotatable bonds is 2. The number of aliphatic hydroxyl groups excluding tert-OH is 1. The second-order valence-electron chi connectivity index (χ2n) is 5.35. The van der Waals surface area contributed by atoms with Crippen molar-refractivity contribution >= 4 is 0 Å². The summed E-state index contributed by atoms with van der Waals surface area (Å²) < 4.78 is 0. The van der Waals surface area contributed by atoms with Gasteiger partial charge in [0.25, 0.3) is 0 Å². The molecule has 15 heavy (non-hydrogen) atoms. The SMILES string of the molecule is Cc1cccc(C(O)C2CC3CC3C2)c1. The molecule has 2 saturated carbocycles. The van der Waals surface area contributed by atoms with Crippen LogP contribution < -0.4 is 0 Å². The largest absolute Gasteiger partial charge is 0.388 e. The van der Waals surface area contributed by atoms with E-state index >= 15 is 0 Å². The molecule has 1 aromatic carbocycles. The molecule has 0 bridgehead atoms. The molecular weight excluding hydrogens is 184 g/mol. The van der Waals surface area contributed by atoms with Crippen molar-refractivity contribution in [1.82, 2.24) is 0 Å². The molecular formula is C14H18O. The Kier molecular flexibility index (Phi) is 2.10. The Balaban J connectivity index is 1.76. The van der Waals surface area contributed by atoms with Crippen LogP contribution in [0.2, 0.25) is 0 Å². The number of fused-ring (bicyclic) bond motifs is 1. The molecule has 2 fully saturated rings. The summed E-state index contributed by atoms with van der Waals surface area (Å²) in [5, 5.41) is 10.3. The number of benzene rings is 1. The van der Waals surface area contributed by atoms with Crippen LogP contribution in [0.5, 0.6) is 0 Å². The van der Waals surface area contributed by atoms with Crippen molar-refractivity contribution in [1.29, 1.82) is 0 Å². The average molecular weight is 202 g/mol. The van der Waals surface area contributed by atoms with Crippen LogP contribution in [0, 0.1) is 24.7 Å². The lowest BCUT2D eigenvalue weighted by Gasteiger charge is -2.20. The zero-order valence-corrected chi connectivity index (χ0v) is 9.19. The molecule has 0 radical (unpaired) electrons. The third kappa shape index (κ3) is 1.69. The summed E-state index contributed by atoms with van der Waals surface area (Å²) in [6.07, 6.45) is 3.70. The van der Waals surface area contributed by atoms with Crippen molar-refractivity contribution in [2.24, 2.45) is 17.8 Å². The first-order valence-corrected chi connectivity index (χ1v) is 5.98. The Labute approximate surface area is 91.1 Å². The van der Waals surface area contributed by atoms with Gasteiger partial charge in [-0.2, -0.15) is 0 Å². The van der Waals surface area contributed by atoms with E-state index in [1.54, 1.807) is 0 Å². The van der Waals surface area contributed by atoms with Gasteiger partial charge in [0.1, 0.15) is 0 Å². The van der Waals surface area contributed by atoms with Crippen molar-refractivity contribution in [3.63, 3.8) is 0 Å². The van der Waals surface area contributed by atoms with Crippen LogP contribution in [0.4, 0.5) is 0 Å². The van der Waals surface area contributed by atoms with Crippen molar-refractivity contribution in [3.8, 4) is 0 Å². The number of hydrogen-bond donors (Lipinski definition) is 1. The molecule has 3 rings (SSSR count). The quantitative estimate of drug-likeness (QED) is 0.781. The van der Waals surface area contributed by atoms with Gasteiger partial charge in [0.05, 0.1) is 6.10 Å². The highest BCUT2D eigenvalue weighted by Crippen LogP contribution is 2.57. The van der Waals surface area contributed by atoms with E-state index in [1.807, 2.05) is 6.07 Å². The summed E-state index contributed by atoms with van der Waals surface area (Å²) in [6, 6.07) is 8.31. The summed E-state index contributed by atoms with van der Waals surface area (Å²) in [5.74, 6) is 2.43. The molecule has 3 atom stereocenters. The maximum absolute atomic E-state index is 10.3. The van der Waals surface area contributed by atoms with Gasteiger partial charge in [-0.15, -0.1) is 0 Å². The topological polar surface area (TPSA) is 20.2 Å². The van der Waals surface area contributed by atoms with E-state index in [2.05, 4.69) is 25.1 Å². The standard InChI is InChI=1S/C14H18O/c1-9-3-2-4-10(5-9)14(15)13-7-11-6-12(11)8-13/h2-5,11-15H,6-8H2,1H3. The first-order valence-electron chi connectivity index (χ1n) is 5.98. The smallest absolute Gasteiger partial charge is 0.0818 e. The lowest BCUT2D eigenvalue weighted by Crippen LogP contribution is -2.10. The zero-order chi connectivity index (χ0) is 10.4. The van der Waals surface area contributed by atoms with Crippen LogP contribution in [0.1, 0.15) is 36.5 Å². The Bertz CT molecular complexity index is 361. The van der Waals surface area contributed by atoms with Crippen LogP contribution in [0.15, 0.2) is 24.3 Å². The fourth-order valence-electron chi connectivity index (χ4n) is 3.15. The van der Waals surface area contributed by atoms with Gasteiger partial charge in [0.2, 0.25) is 0 Å². The van der Waals surface area contributed by atoms with E-state index < -0.39 is 0 Å². The monoisotopic (exact) mass is 202 g/mol. The summed E-state index contributed by atoms with van der Waals surface area (Å²) in [5.41, 5.74) is 2.36. The van der Waals surface area contributed by atoms with E-state index in [0.717, 1.165) is 17.4 Å². The molecule has 0 aromatic heterocycles. The number of hydrogen-bond acceptors (Lipinski definition) is 1. The van der Waals surface area contributed by atoms with Crippen molar-refractivity contribution in [3.05, 3.63) is 35.4 Å². The predicted octanol–water partition coefficient (Wildman–Crippen LogP) is 3.07. The zero-order valence-electron chi connectivity index (χ0n) is 9.19. The van der Waals surface area contributed by atoms with Gasteiger partial charge >= 0.3 is 0 Å². The van der Waals surface area contributed by atoms with Gasteiger partial charge in [0, 0.05) is 0 Å². The molecule has 1 nitrogen and oxygen atoms in total. The molecule has 2 aliphatic carbocycles. The van der Waals surface area contributed by atoms with E-state index in [4.69, 9.17) is 0 Å².